The Morgan fingerprint density at radius 2 is 1.84 bits per heavy atom. The Morgan fingerprint density at radius 3 is 2.55 bits per heavy atom. The molecule has 158 valence electrons. The molecule has 4 rings (SSSR count). The highest BCUT2D eigenvalue weighted by molar-refractivity contribution is 7.14. The average Bonchev–Trinajstić information content (AvgIpc) is 3.35. The van der Waals surface area contributed by atoms with Gasteiger partial charge in [-0.05, 0) is 47.4 Å². The molecule has 1 amide bonds. The highest BCUT2D eigenvalue weighted by atomic mass is 32.1. The van der Waals surface area contributed by atoms with Gasteiger partial charge < -0.3 is 0 Å². The molecule has 0 bridgehead atoms. The molecule has 0 atom stereocenters. The number of nitrogens with zero attached hydrogens (tertiary/aromatic N) is 5. The monoisotopic (exact) mass is 436 g/mol. The summed E-state index contributed by atoms with van der Waals surface area (Å²) in [6, 6.07) is 9.76. The van der Waals surface area contributed by atoms with E-state index in [4.69, 9.17) is 0 Å². The number of hydrogen-bond acceptors (Lipinski definition) is 6. The fourth-order valence-electron chi connectivity index (χ4n) is 3.00. The number of carbonyl (C=O) groups is 1. The van der Waals surface area contributed by atoms with E-state index < -0.39 is 5.91 Å². The van der Waals surface area contributed by atoms with Crippen LogP contribution in [0.25, 0.3) is 22.6 Å². The molecule has 0 saturated heterocycles. The Labute approximate surface area is 183 Å². The number of nitrogens with one attached hydrogen (secondary N) is 1. The molecule has 1 N–H and O–H groups in total. The number of thiazole rings is 1. The summed E-state index contributed by atoms with van der Waals surface area (Å²) in [5.41, 5.74) is 3.69. The van der Waals surface area contributed by atoms with Crippen molar-refractivity contribution in [2.75, 3.05) is 5.32 Å². The van der Waals surface area contributed by atoms with Crippen molar-refractivity contribution >= 4 is 22.4 Å². The minimum absolute atomic E-state index is 0.00646. The lowest BCUT2D eigenvalue weighted by Crippen LogP contribution is -2.14. The van der Waals surface area contributed by atoms with Gasteiger partial charge in [0.15, 0.2) is 10.8 Å². The van der Waals surface area contributed by atoms with Crippen LogP contribution in [-0.4, -0.2) is 30.9 Å². The van der Waals surface area contributed by atoms with Crippen LogP contribution in [0.15, 0.2) is 48.0 Å². The Hall–Kier alpha value is -3.46. The molecule has 0 spiro atoms. The number of carbonyl (C=O) groups excluding carboxylic acids is 1. The van der Waals surface area contributed by atoms with Crippen molar-refractivity contribution in [1.29, 1.82) is 0 Å². The molecule has 0 fully saturated rings. The SMILES string of the molecule is Cn1nc(C(=O)Nc2nc(-c3cc(C(C)(C)C)ccn3)cs2)c(-c2ccc(F)cc2)n1. The number of aryl methyl sites for hydroxylation is 1. The standard InChI is InChI=1S/C22H21FN6OS/c1-22(2,3)14-9-10-24-16(11-14)17-12-31-21(25-17)26-20(30)19-18(27-29(4)28-19)13-5-7-15(23)8-6-13/h5-12H,1-4H3,(H,25,26,30). The average molecular weight is 437 g/mol. The molecular weight excluding hydrogens is 415 g/mol. The molecular formula is C22H21FN6OS. The number of halogens is 1. The Bertz CT molecular complexity index is 1240. The lowest BCUT2D eigenvalue weighted by molar-refractivity contribution is 0.102. The number of anilines is 1. The molecule has 4 aromatic rings. The quantitative estimate of drug-likeness (QED) is 0.502. The van der Waals surface area contributed by atoms with Gasteiger partial charge >= 0.3 is 0 Å². The van der Waals surface area contributed by atoms with Gasteiger partial charge in [-0.15, -0.1) is 16.4 Å². The first-order valence-corrected chi connectivity index (χ1v) is 10.5. The van der Waals surface area contributed by atoms with Crippen LogP contribution in [0.2, 0.25) is 0 Å². The van der Waals surface area contributed by atoms with E-state index >= 15 is 0 Å². The maximum absolute atomic E-state index is 13.3. The number of pyridine rings is 1. The fourth-order valence-corrected chi connectivity index (χ4v) is 3.70. The molecule has 0 saturated carbocycles. The predicted molar refractivity (Wildman–Crippen MR) is 118 cm³/mol. The first-order valence-electron chi connectivity index (χ1n) is 9.62. The molecule has 3 aromatic heterocycles. The van der Waals surface area contributed by atoms with Gasteiger partial charge in [0, 0.05) is 24.2 Å². The van der Waals surface area contributed by atoms with Crippen molar-refractivity contribution in [3.8, 4) is 22.6 Å². The van der Waals surface area contributed by atoms with E-state index in [9.17, 15) is 9.18 Å². The van der Waals surface area contributed by atoms with Crippen molar-refractivity contribution in [2.45, 2.75) is 26.2 Å². The van der Waals surface area contributed by atoms with E-state index in [1.165, 1.54) is 28.3 Å². The van der Waals surface area contributed by atoms with Crippen LogP contribution in [0.4, 0.5) is 9.52 Å². The summed E-state index contributed by atoms with van der Waals surface area (Å²) in [5.74, 6) is -0.803. The fraction of sp³-hybridized carbons (Fsp3) is 0.227. The van der Waals surface area contributed by atoms with Crippen molar-refractivity contribution in [3.05, 3.63) is 65.0 Å². The molecule has 3 heterocycles. The van der Waals surface area contributed by atoms with Gasteiger partial charge in [-0.3, -0.25) is 15.1 Å². The van der Waals surface area contributed by atoms with Crippen molar-refractivity contribution in [2.24, 2.45) is 7.05 Å². The smallest absolute Gasteiger partial charge is 0.280 e. The van der Waals surface area contributed by atoms with Crippen molar-refractivity contribution < 1.29 is 9.18 Å². The van der Waals surface area contributed by atoms with Crippen LogP contribution in [0.3, 0.4) is 0 Å². The molecule has 7 nitrogen and oxygen atoms in total. The zero-order valence-electron chi connectivity index (χ0n) is 17.5. The van der Waals surface area contributed by atoms with E-state index in [0.29, 0.717) is 22.1 Å². The largest absolute Gasteiger partial charge is 0.296 e. The summed E-state index contributed by atoms with van der Waals surface area (Å²) in [6.07, 6.45) is 1.77. The minimum atomic E-state index is -0.440. The van der Waals surface area contributed by atoms with E-state index in [-0.39, 0.29) is 16.9 Å². The number of aromatic nitrogens is 5. The molecule has 31 heavy (non-hydrogen) atoms. The van der Waals surface area contributed by atoms with E-state index in [1.807, 2.05) is 17.5 Å². The minimum Gasteiger partial charge on any atom is -0.296 e. The zero-order chi connectivity index (χ0) is 22.2. The van der Waals surface area contributed by atoms with Crippen LogP contribution >= 0.6 is 11.3 Å². The maximum atomic E-state index is 13.3. The summed E-state index contributed by atoms with van der Waals surface area (Å²) < 4.78 is 13.3. The second kappa shape index (κ2) is 7.99. The van der Waals surface area contributed by atoms with Gasteiger partial charge in [0.25, 0.3) is 5.91 Å². The Balaban J connectivity index is 1.58. The van der Waals surface area contributed by atoms with Crippen LogP contribution < -0.4 is 5.32 Å². The zero-order valence-corrected chi connectivity index (χ0v) is 18.4. The number of amides is 1. The van der Waals surface area contributed by atoms with Crippen molar-refractivity contribution in [1.82, 2.24) is 25.0 Å². The van der Waals surface area contributed by atoms with Crippen LogP contribution in [-0.2, 0) is 12.5 Å². The summed E-state index contributed by atoms with van der Waals surface area (Å²) in [5, 5.41) is 13.5. The Morgan fingerprint density at radius 1 is 1.10 bits per heavy atom. The van der Waals surface area contributed by atoms with Gasteiger partial charge in [0.2, 0.25) is 0 Å². The topological polar surface area (TPSA) is 85.6 Å². The predicted octanol–water partition coefficient (Wildman–Crippen LogP) is 4.69. The first kappa shape index (κ1) is 20.8. The van der Waals surface area contributed by atoms with Gasteiger partial charge in [0.05, 0.1) is 5.69 Å². The number of rotatable bonds is 4. The molecule has 9 heteroatoms. The molecule has 1 aromatic carbocycles. The van der Waals surface area contributed by atoms with Crippen LogP contribution in [0.5, 0.6) is 0 Å². The normalized spacial score (nSPS) is 11.5. The number of benzene rings is 1. The summed E-state index contributed by atoms with van der Waals surface area (Å²) in [6.45, 7) is 6.41. The lowest BCUT2D eigenvalue weighted by atomic mass is 9.87. The van der Waals surface area contributed by atoms with E-state index in [2.05, 4.69) is 46.3 Å². The van der Waals surface area contributed by atoms with Crippen molar-refractivity contribution in [3.63, 3.8) is 0 Å². The van der Waals surface area contributed by atoms with Gasteiger partial charge in [-0.25, -0.2) is 9.37 Å². The Kier molecular flexibility index (Phi) is 5.36. The van der Waals surface area contributed by atoms with E-state index in [0.717, 1.165) is 11.3 Å². The molecule has 0 aliphatic heterocycles. The van der Waals surface area contributed by atoms with Gasteiger partial charge in [0.1, 0.15) is 17.2 Å². The molecule has 0 aliphatic rings. The third kappa shape index (κ3) is 4.51. The molecule has 0 unspecified atom stereocenters. The summed E-state index contributed by atoms with van der Waals surface area (Å²) >= 11 is 1.30. The second-order valence-electron chi connectivity index (χ2n) is 8.07. The van der Waals surface area contributed by atoms with Gasteiger partial charge in [-0.2, -0.15) is 9.90 Å². The number of hydrogen-bond donors (Lipinski definition) is 1. The third-order valence-electron chi connectivity index (χ3n) is 4.66. The summed E-state index contributed by atoms with van der Waals surface area (Å²) in [4.78, 5) is 23.1. The summed E-state index contributed by atoms with van der Waals surface area (Å²) in [7, 11) is 1.62. The lowest BCUT2D eigenvalue weighted by Gasteiger charge is -2.18. The second-order valence-corrected chi connectivity index (χ2v) is 8.92. The highest BCUT2D eigenvalue weighted by Gasteiger charge is 2.21. The highest BCUT2D eigenvalue weighted by Crippen LogP contribution is 2.29. The maximum Gasteiger partial charge on any atom is 0.280 e. The van der Waals surface area contributed by atoms with Gasteiger partial charge in [-0.1, -0.05) is 20.8 Å². The molecule has 0 aliphatic carbocycles. The van der Waals surface area contributed by atoms with Crippen LogP contribution in [0, 0.1) is 5.82 Å². The third-order valence-corrected chi connectivity index (χ3v) is 5.42. The first-order chi connectivity index (χ1) is 14.7. The van der Waals surface area contributed by atoms with Crippen LogP contribution in [0.1, 0.15) is 36.8 Å². The van der Waals surface area contributed by atoms with E-state index in [1.54, 1.807) is 25.4 Å². The molecule has 0 radical (unpaired) electrons.